The molecule has 2 rings (SSSR count). The van der Waals surface area contributed by atoms with Crippen LogP contribution in [0.5, 0.6) is 0 Å². The first-order chi connectivity index (χ1) is 8.84. The minimum Gasteiger partial charge on any atom is -0.222 e. The van der Waals surface area contributed by atoms with Crippen LogP contribution in [-0.4, -0.2) is 9.78 Å². The molecule has 1 heterocycles. The molecule has 0 spiro atoms. The normalized spacial score (nSPS) is 11.9. The third-order valence-corrected chi connectivity index (χ3v) is 3.30. The van der Waals surface area contributed by atoms with Gasteiger partial charge in [0.15, 0.2) is 0 Å². The fourth-order valence-electron chi connectivity index (χ4n) is 1.90. The van der Waals surface area contributed by atoms with E-state index in [1.807, 2.05) is 13.8 Å². The molecule has 0 fully saturated rings. The summed E-state index contributed by atoms with van der Waals surface area (Å²) in [5, 5.41) is 4.69. The highest BCUT2D eigenvalue weighted by molar-refractivity contribution is 6.30. The average molecular weight is 289 g/mol. The van der Waals surface area contributed by atoms with Gasteiger partial charge in [-0.15, -0.1) is 0 Å². The molecule has 0 bridgehead atoms. The van der Waals surface area contributed by atoms with E-state index in [1.165, 1.54) is 16.8 Å². The third-order valence-electron chi connectivity index (χ3n) is 2.91. The lowest BCUT2D eigenvalue weighted by atomic mass is 10.2. The predicted octanol–water partition coefficient (Wildman–Crippen LogP) is 4.42. The zero-order valence-corrected chi connectivity index (χ0v) is 11.2. The van der Waals surface area contributed by atoms with Gasteiger partial charge < -0.3 is 0 Å². The van der Waals surface area contributed by atoms with Crippen molar-refractivity contribution in [3.8, 4) is 5.69 Å². The predicted molar refractivity (Wildman–Crippen MR) is 67.7 cm³/mol. The summed E-state index contributed by atoms with van der Waals surface area (Å²) in [6.07, 6.45) is -3.61. The Morgan fingerprint density at radius 2 is 1.79 bits per heavy atom. The number of benzene rings is 1. The maximum absolute atomic E-state index is 12.5. The molecular weight excluding hydrogens is 277 g/mol. The minimum absolute atomic E-state index is 0.444. The van der Waals surface area contributed by atoms with Crippen LogP contribution >= 0.6 is 11.6 Å². The van der Waals surface area contributed by atoms with E-state index in [1.54, 1.807) is 0 Å². The molecule has 0 aliphatic rings. The third kappa shape index (κ3) is 2.61. The van der Waals surface area contributed by atoms with E-state index < -0.39 is 11.7 Å². The molecule has 0 N–H and O–H groups in total. The summed E-state index contributed by atoms with van der Waals surface area (Å²) in [5.41, 5.74) is 1.52. The summed E-state index contributed by atoms with van der Waals surface area (Å²) in [7, 11) is 0. The quantitative estimate of drug-likeness (QED) is 0.800. The van der Waals surface area contributed by atoms with Crippen LogP contribution in [0.1, 0.15) is 23.7 Å². The Labute approximate surface area is 113 Å². The lowest BCUT2D eigenvalue weighted by Crippen LogP contribution is -2.05. The average Bonchev–Trinajstić information content (AvgIpc) is 2.63. The van der Waals surface area contributed by atoms with Gasteiger partial charge in [0.2, 0.25) is 0 Å². The molecule has 6 heteroatoms. The summed E-state index contributed by atoms with van der Waals surface area (Å²) in [4.78, 5) is 0. The summed E-state index contributed by atoms with van der Waals surface area (Å²) in [5.74, 6) is 0. The molecule has 1 aromatic heterocycles. The first kappa shape index (κ1) is 13.9. The van der Waals surface area contributed by atoms with E-state index >= 15 is 0 Å². The summed E-state index contributed by atoms with van der Waals surface area (Å²) in [6.45, 7) is 3.78. The van der Waals surface area contributed by atoms with Gasteiger partial charge in [0.05, 0.1) is 16.9 Å². The second kappa shape index (κ2) is 4.89. The van der Waals surface area contributed by atoms with Crippen molar-refractivity contribution in [2.75, 3.05) is 0 Å². The number of rotatable bonds is 2. The zero-order chi connectivity index (χ0) is 14.2. The highest BCUT2D eigenvalue weighted by atomic mass is 35.5. The molecule has 1 aromatic carbocycles. The maximum atomic E-state index is 12.5. The van der Waals surface area contributed by atoms with Crippen molar-refractivity contribution in [3.63, 3.8) is 0 Å². The van der Waals surface area contributed by atoms with Gasteiger partial charge in [0, 0.05) is 5.56 Å². The molecule has 2 nitrogen and oxygen atoms in total. The SMILES string of the molecule is CCc1c(C)nn(-c2ccc(C(F)(F)F)cc2)c1Cl. The summed E-state index contributed by atoms with van der Waals surface area (Å²) < 4.78 is 38.9. The monoisotopic (exact) mass is 288 g/mol. The van der Waals surface area contributed by atoms with Gasteiger partial charge in [-0.3, -0.25) is 0 Å². The van der Waals surface area contributed by atoms with Gasteiger partial charge in [0.1, 0.15) is 5.15 Å². The second-order valence-corrected chi connectivity index (χ2v) is 4.52. The van der Waals surface area contributed by atoms with Crippen molar-refractivity contribution in [3.05, 3.63) is 46.2 Å². The van der Waals surface area contributed by atoms with Crippen LogP contribution in [0, 0.1) is 6.92 Å². The summed E-state index contributed by atoms with van der Waals surface area (Å²) >= 11 is 6.17. The van der Waals surface area contributed by atoms with Gasteiger partial charge >= 0.3 is 6.18 Å². The van der Waals surface area contributed by atoms with Crippen LogP contribution in [0.25, 0.3) is 5.69 Å². The van der Waals surface area contributed by atoms with Crippen LogP contribution < -0.4 is 0 Å². The maximum Gasteiger partial charge on any atom is 0.416 e. The first-order valence-electron chi connectivity index (χ1n) is 5.76. The standard InChI is InChI=1S/C13H12ClF3N2/c1-3-11-8(2)18-19(12(11)14)10-6-4-9(5-7-10)13(15,16)17/h4-7H,3H2,1-2H3. The van der Waals surface area contributed by atoms with Crippen molar-refractivity contribution in [1.82, 2.24) is 9.78 Å². The fourth-order valence-corrected chi connectivity index (χ4v) is 2.30. The van der Waals surface area contributed by atoms with Gasteiger partial charge in [-0.05, 0) is 37.6 Å². The molecule has 0 aliphatic heterocycles. The molecular formula is C13H12ClF3N2. The Hall–Kier alpha value is -1.49. The van der Waals surface area contributed by atoms with Crippen molar-refractivity contribution >= 4 is 11.6 Å². The van der Waals surface area contributed by atoms with Crippen LogP contribution in [-0.2, 0) is 12.6 Å². The Balaban J connectivity index is 2.43. The number of hydrogen-bond acceptors (Lipinski definition) is 1. The van der Waals surface area contributed by atoms with Crippen LogP contribution in [0.15, 0.2) is 24.3 Å². The van der Waals surface area contributed by atoms with E-state index in [4.69, 9.17) is 11.6 Å². The highest BCUT2D eigenvalue weighted by Gasteiger charge is 2.30. The highest BCUT2D eigenvalue weighted by Crippen LogP contribution is 2.30. The van der Waals surface area contributed by atoms with E-state index in [-0.39, 0.29) is 0 Å². The van der Waals surface area contributed by atoms with Crippen LogP contribution in [0.4, 0.5) is 13.2 Å². The molecule has 0 amide bonds. The fraction of sp³-hybridized carbons (Fsp3) is 0.308. The number of hydrogen-bond donors (Lipinski definition) is 0. The van der Waals surface area contributed by atoms with Gasteiger partial charge in [-0.1, -0.05) is 18.5 Å². The van der Waals surface area contributed by atoms with Gasteiger partial charge in [-0.25, -0.2) is 4.68 Å². The van der Waals surface area contributed by atoms with Crippen molar-refractivity contribution in [1.29, 1.82) is 0 Å². The summed E-state index contributed by atoms with van der Waals surface area (Å²) in [6, 6.07) is 4.77. The molecule has 19 heavy (non-hydrogen) atoms. The number of nitrogens with zero attached hydrogens (tertiary/aromatic N) is 2. The molecule has 0 atom stereocenters. The smallest absolute Gasteiger partial charge is 0.222 e. The number of halogens is 4. The number of alkyl halides is 3. The van der Waals surface area contributed by atoms with Crippen LogP contribution in [0.2, 0.25) is 5.15 Å². The van der Waals surface area contributed by atoms with Crippen molar-refractivity contribution in [2.24, 2.45) is 0 Å². The Bertz CT molecular complexity index is 585. The molecule has 0 radical (unpaired) electrons. The first-order valence-corrected chi connectivity index (χ1v) is 6.14. The van der Waals surface area contributed by atoms with E-state index in [9.17, 15) is 13.2 Å². The Morgan fingerprint density at radius 1 is 1.21 bits per heavy atom. The largest absolute Gasteiger partial charge is 0.416 e. The molecule has 0 saturated carbocycles. The minimum atomic E-state index is -4.34. The number of aromatic nitrogens is 2. The molecule has 0 unspecified atom stereocenters. The lowest BCUT2D eigenvalue weighted by molar-refractivity contribution is -0.137. The molecule has 0 aliphatic carbocycles. The van der Waals surface area contributed by atoms with E-state index in [0.717, 1.165) is 29.8 Å². The Kier molecular flexibility index (Phi) is 3.58. The van der Waals surface area contributed by atoms with Crippen molar-refractivity contribution < 1.29 is 13.2 Å². The number of aryl methyl sites for hydroxylation is 1. The second-order valence-electron chi connectivity index (χ2n) is 4.16. The van der Waals surface area contributed by atoms with E-state index in [0.29, 0.717) is 10.8 Å². The van der Waals surface area contributed by atoms with Crippen molar-refractivity contribution in [2.45, 2.75) is 26.4 Å². The lowest BCUT2D eigenvalue weighted by Gasteiger charge is -2.08. The van der Waals surface area contributed by atoms with Crippen LogP contribution in [0.3, 0.4) is 0 Å². The van der Waals surface area contributed by atoms with Gasteiger partial charge in [-0.2, -0.15) is 18.3 Å². The zero-order valence-electron chi connectivity index (χ0n) is 10.4. The molecule has 0 saturated heterocycles. The molecule has 2 aromatic rings. The van der Waals surface area contributed by atoms with Gasteiger partial charge in [0.25, 0.3) is 0 Å². The van der Waals surface area contributed by atoms with E-state index in [2.05, 4.69) is 5.10 Å². The topological polar surface area (TPSA) is 17.8 Å². The Morgan fingerprint density at radius 3 is 2.21 bits per heavy atom. The molecule has 102 valence electrons.